The van der Waals surface area contributed by atoms with Crippen molar-refractivity contribution in [1.82, 2.24) is 4.98 Å². The minimum absolute atomic E-state index is 0.233. The molecule has 2 atom stereocenters. The number of aromatic nitrogens is 1. The fourth-order valence-corrected chi connectivity index (χ4v) is 4.56. The molecule has 2 unspecified atom stereocenters. The van der Waals surface area contributed by atoms with Crippen molar-refractivity contribution in [1.29, 1.82) is 0 Å². The highest BCUT2D eigenvalue weighted by Gasteiger charge is 2.42. The molecule has 2 aromatic rings. The van der Waals surface area contributed by atoms with Crippen molar-refractivity contribution < 1.29 is 28.6 Å². The monoisotopic (exact) mass is 456 g/mol. The molecule has 32 heavy (non-hydrogen) atoms. The molecule has 0 bridgehead atoms. The number of nitrogens with zero attached hydrogens (tertiary/aromatic N) is 2. The molecule has 1 aliphatic heterocycles. The Morgan fingerprint density at radius 1 is 1.09 bits per heavy atom. The van der Waals surface area contributed by atoms with Crippen LogP contribution in [-0.2, 0) is 23.8 Å². The molecular weight excluding hydrogens is 432 g/mol. The van der Waals surface area contributed by atoms with Crippen molar-refractivity contribution in [2.45, 2.75) is 26.7 Å². The summed E-state index contributed by atoms with van der Waals surface area (Å²) >= 11 is 1.31. The van der Waals surface area contributed by atoms with E-state index in [1.165, 1.54) is 25.6 Å². The first-order chi connectivity index (χ1) is 15.3. The normalized spacial score (nSPS) is 18.1. The van der Waals surface area contributed by atoms with Gasteiger partial charge in [0, 0.05) is 28.3 Å². The third kappa shape index (κ3) is 4.47. The topological polar surface area (TPSA) is 104 Å². The van der Waals surface area contributed by atoms with Crippen LogP contribution in [-0.4, -0.2) is 49.4 Å². The van der Waals surface area contributed by atoms with Gasteiger partial charge in [-0.2, -0.15) is 0 Å². The Bertz CT molecular complexity index is 1120. The number of rotatable bonds is 6. The Morgan fingerprint density at radius 3 is 2.50 bits per heavy atom. The fourth-order valence-electron chi connectivity index (χ4n) is 3.77. The Labute approximate surface area is 189 Å². The average Bonchev–Trinajstić information content (AvgIpc) is 3.28. The summed E-state index contributed by atoms with van der Waals surface area (Å²) in [5, 5.41) is 2.25. The van der Waals surface area contributed by atoms with Gasteiger partial charge in [-0.15, -0.1) is 11.3 Å². The predicted octanol–water partition coefficient (Wildman–Crippen LogP) is 3.78. The highest BCUT2D eigenvalue weighted by Crippen LogP contribution is 2.41. The Morgan fingerprint density at radius 2 is 1.84 bits per heavy atom. The number of esters is 3. The van der Waals surface area contributed by atoms with E-state index in [0.29, 0.717) is 27.6 Å². The van der Waals surface area contributed by atoms with Crippen LogP contribution in [0.15, 0.2) is 45.9 Å². The summed E-state index contributed by atoms with van der Waals surface area (Å²) in [6.45, 7) is 5.45. The molecule has 2 heterocycles. The summed E-state index contributed by atoms with van der Waals surface area (Å²) in [5.74, 6) is -2.95. The standard InChI is InChI=1S/C23H24N2O6S/c1-6-31-21(26)16-11-32-20(25-16)15-9-7-8-14(10-15)19-17(22(27)29-4)12(2)24-13(3)18(19)23(28)30-5/h7-11,17,19H,6H2,1-5H3. The van der Waals surface area contributed by atoms with Crippen LogP contribution in [0.3, 0.4) is 0 Å². The number of aliphatic imine (C=N–C) groups is 1. The summed E-state index contributed by atoms with van der Waals surface area (Å²) < 4.78 is 15.0. The van der Waals surface area contributed by atoms with Crippen LogP contribution in [0.4, 0.5) is 0 Å². The van der Waals surface area contributed by atoms with Crippen molar-refractivity contribution in [3.8, 4) is 10.6 Å². The molecule has 3 rings (SSSR count). The minimum Gasteiger partial charge on any atom is -0.468 e. The molecule has 0 fully saturated rings. The molecule has 0 aliphatic carbocycles. The predicted molar refractivity (Wildman–Crippen MR) is 120 cm³/mol. The van der Waals surface area contributed by atoms with Crippen molar-refractivity contribution >= 4 is 35.0 Å². The number of methoxy groups -OCH3 is 2. The molecule has 9 heteroatoms. The lowest BCUT2D eigenvalue weighted by molar-refractivity contribution is -0.143. The molecule has 168 valence electrons. The van der Waals surface area contributed by atoms with Crippen LogP contribution in [0.25, 0.3) is 10.6 Å². The lowest BCUT2D eigenvalue weighted by Crippen LogP contribution is -2.36. The third-order valence-corrected chi connectivity index (χ3v) is 6.06. The van der Waals surface area contributed by atoms with E-state index in [0.717, 1.165) is 5.56 Å². The zero-order valence-corrected chi connectivity index (χ0v) is 19.3. The second kappa shape index (κ2) is 9.86. The maximum Gasteiger partial charge on any atom is 0.357 e. The van der Waals surface area contributed by atoms with Gasteiger partial charge in [-0.1, -0.05) is 18.2 Å². The van der Waals surface area contributed by atoms with E-state index in [1.54, 1.807) is 26.2 Å². The molecule has 0 radical (unpaired) electrons. The fraction of sp³-hybridized carbons (Fsp3) is 0.348. The van der Waals surface area contributed by atoms with E-state index in [9.17, 15) is 14.4 Å². The van der Waals surface area contributed by atoms with Crippen LogP contribution in [0.2, 0.25) is 0 Å². The van der Waals surface area contributed by atoms with Crippen molar-refractivity contribution in [3.05, 3.63) is 52.2 Å². The maximum absolute atomic E-state index is 12.7. The lowest BCUT2D eigenvalue weighted by Gasteiger charge is -2.31. The largest absolute Gasteiger partial charge is 0.468 e. The number of carbonyl (C=O) groups is 3. The summed E-state index contributed by atoms with van der Waals surface area (Å²) in [6.07, 6.45) is 0. The summed E-state index contributed by atoms with van der Waals surface area (Å²) in [6, 6.07) is 7.35. The molecule has 0 spiro atoms. The SMILES string of the molecule is CCOC(=O)c1csc(-c2cccc(C3C(C(=O)OC)=C(C)N=C(C)C3C(=O)OC)c2)n1. The van der Waals surface area contributed by atoms with Gasteiger partial charge in [0.25, 0.3) is 0 Å². The van der Waals surface area contributed by atoms with Gasteiger partial charge in [-0.3, -0.25) is 9.79 Å². The number of carbonyl (C=O) groups excluding carboxylic acids is 3. The third-order valence-electron chi connectivity index (χ3n) is 5.17. The Hall–Kier alpha value is -3.33. The van der Waals surface area contributed by atoms with Crippen molar-refractivity contribution in [2.24, 2.45) is 10.9 Å². The van der Waals surface area contributed by atoms with E-state index in [1.807, 2.05) is 24.3 Å². The van der Waals surface area contributed by atoms with Gasteiger partial charge >= 0.3 is 17.9 Å². The summed E-state index contributed by atoms with van der Waals surface area (Å²) in [5.41, 5.74) is 3.03. The lowest BCUT2D eigenvalue weighted by atomic mass is 9.75. The molecule has 1 aromatic carbocycles. The smallest absolute Gasteiger partial charge is 0.357 e. The van der Waals surface area contributed by atoms with Crippen LogP contribution in [0.1, 0.15) is 42.7 Å². The maximum atomic E-state index is 12.7. The Balaban J connectivity index is 2.10. The van der Waals surface area contributed by atoms with E-state index >= 15 is 0 Å². The van der Waals surface area contributed by atoms with Crippen molar-refractivity contribution in [3.63, 3.8) is 0 Å². The first-order valence-electron chi connectivity index (χ1n) is 9.97. The second-order valence-electron chi connectivity index (χ2n) is 7.11. The van der Waals surface area contributed by atoms with Crippen LogP contribution >= 0.6 is 11.3 Å². The van der Waals surface area contributed by atoms with Crippen LogP contribution in [0.5, 0.6) is 0 Å². The van der Waals surface area contributed by atoms with Gasteiger partial charge in [0.15, 0.2) is 5.69 Å². The van der Waals surface area contributed by atoms with E-state index < -0.39 is 29.7 Å². The Kier molecular flexibility index (Phi) is 7.19. The van der Waals surface area contributed by atoms with Crippen LogP contribution < -0.4 is 0 Å². The van der Waals surface area contributed by atoms with E-state index in [4.69, 9.17) is 14.2 Å². The van der Waals surface area contributed by atoms with Gasteiger partial charge < -0.3 is 14.2 Å². The molecule has 8 nitrogen and oxygen atoms in total. The van der Waals surface area contributed by atoms with Crippen LogP contribution in [0, 0.1) is 5.92 Å². The van der Waals surface area contributed by atoms with Gasteiger partial charge in [0.05, 0.1) is 26.4 Å². The second-order valence-corrected chi connectivity index (χ2v) is 7.96. The van der Waals surface area contributed by atoms with E-state index in [2.05, 4.69) is 9.98 Å². The molecular formula is C23H24N2O6S. The first-order valence-corrected chi connectivity index (χ1v) is 10.8. The zero-order valence-electron chi connectivity index (χ0n) is 18.5. The number of hydrogen-bond acceptors (Lipinski definition) is 9. The highest BCUT2D eigenvalue weighted by atomic mass is 32.1. The summed E-state index contributed by atoms with van der Waals surface area (Å²) in [4.78, 5) is 46.1. The highest BCUT2D eigenvalue weighted by molar-refractivity contribution is 7.13. The molecule has 0 saturated carbocycles. The minimum atomic E-state index is -0.778. The van der Waals surface area contributed by atoms with Crippen molar-refractivity contribution in [2.75, 3.05) is 20.8 Å². The van der Waals surface area contributed by atoms with Gasteiger partial charge in [0.1, 0.15) is 10.9 Å². The molecule has 0 amide bonds. The zero-order chi connectivity index (χ0) is 23.4. The van der Waals surface area contributed by atoms with Gasteiger partial charge in [0.2, 0.25) is 0 Å². The average molecular weight is 457 g/mol. The molecule has 0 saturated heterocycles. The number of benzene rings is 1. The molecule has 0 N–H and O–H groups in total. The quantitative estimate of drug-likeness (QED) is 0.481. The van der Waals surface area contributed by atoms with Gasteiger partial charge in [-0.25, -0.2) is 14.6 Å². The first kappa shape index (κ1) is 23.3. The summed E-state index contributed by atoms with van der Waals surface area (Å²) in [7, 11) is 2.60. The number of allylic oxidation sites excluding steroid dienone is 1. The molecule has 1 aliphatic rings. The van der Waals surface area contributed by atoms with E-state index in [-0.39, 0.29) is 12.3 Å². The number of hydrogen-bond donors (Lipinski definition) is 0. The van der Waals surface area contributed by atoms with Gasteiger partial charge in [-0.05, 0) is 32.4 Å². The number of ether oxygens (including phenoxy) is 3. The number of thiazole rings is 1. The molecule has 1 aromatic heterocycles.